The van der Waals surface area contributed by atoms with Gasteiger partial charge in [0.2, 0.25) is 0 Å². The Bertz CT molecular complexity index is 351. The molecule has 0 amide bonds. The molecule has 106 valence electrons. The average molecular weight is 267 g/mol. The second kappa shape index (κ2) is 5.33. The van der Waals surface area contributed by atoms with E-state index in [2.05, 4.69) is 0 Å². The van der Waals surface area contributed by atoms with Crippen LogP contribution in [-0.2, 0) is 9.59 Å². The van der Waals surface area contributed by atoms with Crippen molar-refractivity contribution in [2.24, 2.45) is 23.5 Å². The first-order valence-corrected chi connectivity index (χ1v) is 6.79. The average Bonchev–Trinajstić information content (AvgIpc) is 2.23. The number of rotatable bonds is 2. The van der Waals surface area contributed by atoms with Gasteiger partial charge in [0, 0.05) is 17.7 Å². The van der Waals surface area contributed by atoms with Gasteiger partial charge in [-0.05, 0) is 56.3 Å². The Morgan fingerprint density at radius 1 is 0.895 bits per heavy atom. The highest BCUT2D eigenvalue weighted by Crippen LogP contribution is 2.54. The fourth-order valence-corrected chi connectivity index (χ4v) is 4.32. The molecular formula is C14H21NO4. The maximum absolute atomic E-state index is 9.55. The van der Waals surface area contributed by atoms with E-state index < -0.39 is 11.9 Å². The quantitative estimate of drug-likeness (QED) is 0.660. The summed E-state index contributed by atoms with van der Waals surface area (Å²) in [6, 6.07) is 0. The van der Waals surface area contributed by atoms with Crippen molar-refractivity contribution in [2.45, 2.75) is 44.1 Å². The van der Waals surface area contributed by atoms with Crippen LogP contribution >= 0.6 is 0 Å². The Balaban J connectivity index is 0.000000151. The van der Waals surface area contributed by atoms with E-state index in [-0.39, 0.29) is 0 Å². The summed E-state index contributed by atoms with van der Waals surface area (Å²) in [6.45, 7) is 0. The lowest BCUT2D eigenvalue weighted by Crippen LogP contribution is -2.55. The molecule has 4 rings (SSSR count). The van der Waals surface area contributed by atoms with E-state index in [1.54, 1.807) is 0 Å². The number of hydrogen-bond acceptors (Lipinski definition) is 3. The van der Waals surface area contributed by atoms with Gasteiger partial charge >= 0.3 is 11.9 Å². The molecule has 0 atom stereocenters. The van der Waals surface area contributed by atoms with Crippen molar-refractivity contribution in [3.8, 4) is 0 Å². The largest absolute Gasteiger partial charge is 0.478 e. The Morgan fingerprint density at radius 2 is 1.21 bits per heavy atom. The number of carboxylic acids is 2. The molecule has 0 spiro atoms. The highest BCUT2D eigenvalue weighted by molar-refractivity contribution is 5.89. The van der Waals surface area contributed by atoms with Crippen LogP contribution in [0.1, 0.15) is 38.5 Å². The van der Waals surface area contributed by atoms with Gasteiger partial charge in [0.05, 0.1) is 0 Å². The first kappa shape index (κ1) is 14.1. The van der Waals surface area contributed by atoms with Crippen molar-refractivity contribution in [2.75, 3.05) is 0 Å². The molecule has 19 heavy (non-hydrogen) atoms. The molecule has 0 unspecified atom stereocenters. The van der Waals surface area contributed by atoms with E-state index in [1.165, 1.54) is 38.5 Å². The van der Waals surface area contributed by atoms with Gasteiger partial charge in [0.1, 0.15) is 0 Å². The van der Waals surface area contributed by atoms with Crippen LogP contribution in [0.3, 0.4) is 0 Å². The van der Waals surface area contributed by atoms with Gasteiger partial charge in [-0.25, -0.2) is 9.59 Å². The highest BCUT2D eigenvalue weighted by Gasteiger charge is 2.48. The Kier molecular flexibility index (Phi) is 3.94. The van der Waals surface area contributed by atoms with E-state index in [0.717, 1.165) is 17.8 Å². The van der Waals surface area contributed by atoms with Crippen LogP contribution in [0, 0.1) is 17.8 Å². The van der Waals surface area contributed by atoms with E-state index in [9.17, 15) is 9.59 Å². The van der Waals surface area contributed by atoms with Gasteiger partial charge in [-0.15, -0.1) is 0 Å². The third kappa shape index (κ3) is 3.80. The summed E-state index contributed by atoms with van der Waals surface area (Å²) >= 11 is 0. The van der Waals surface area contributed by atoms with E-state index in [4.69, 9.17) is 15.9 Å². The minimum absolute atomic E-state index is 0.300. The van der Waals surface area contributed by atoms with Gasteiger partial charge in [-0.3, -0.25) is 0 Å². The summed E-state index contributed by atoms with van der Waals surface area (Å²) in [5.74, 6) is 0.545. The summed E-state index contributed by atoms with van der Waals surface area (Å²) < 4.78 is 0. The first-order chi connectivity index (χ1) is 8.86. The topological polar surface area (TPSA) is 101 Å². The van der Waals surface area contributed by atoms with Crippen molar-refractivity contribution in [1.82, 2.24) is 0 Å². The monoisotopic (exact) mass is 267 g/mol. The predicted octanol–water partition coefficient (Wildman–Crippen LogP) is 1.63. The zero-order valence-electron chi connectivity index (χ0n) is 10.9. The third-order valence-electron chi connectivity index (χ3n) is 4.45. The minimum Gasteiger partial charge on any atom is -0.478 e. The summed E-state index contributed by atoms with van der Waals surface area (Å²) in [5.41, 5.74) is 6.62. The molecule has 4 fully saturated rings. The molecule has 0 saturated heterocycles. The second-order valence-electron chi connectivity index (χ2n) is 6.29. The fraction of sp³-hybridized carbons (Fsp3) is 0.714. The molecule has 0 aromatic rings. The Hall–Kier alpha value is -1.36. The number of carboxylic acid groups (broad SMARTS) is 2. The Morgan fingerprint density at radius 3 is 1.42 bits per heavy atom. The molecule has 4 bridgehead atoms. The van der Waals surface area contributed by atoms with Crippen LogP contribution in [0.4, 0.5) is 0 Å². The SMILES string of the molecule is NC12CC3CC(CC(C3)C1)C2.O=C(O)C=CC(=O)O. The zero-order valence-corrected chi connectivity index (χ0v) is 10.9. The molecule has 4 saturated carbocycles. The van der Waals surface area contributed by atoms with Crippen molar-refractivity contribution in [1.29, 1.82) is 0 Å². The van der Waals surface area contributed by atoms with E-state index >= 15 is 0 Å². The molecule has 4 aliphatic rings. The van der Waals surface area contributed by atoms with Gasteiger partial charge in [0.15, 0.2) is 0 Å². The fourth-order valence-electron chi connectivity index (χ4n) is 4.32. The highest BCUT2D eigenvalue weighted by atomic mass is 16.4. The maximum Gasteiger partial charge on any atom is 0.328 e. The molecule has 0 aliphatic heterocycles. The van der Waals surface area contributed by atoms with Crippen molar-refractivity contribution in [3.05, 3.63) is 12.2 Å². The van der Waals surface area contributed by atoms with Crippen LogP contribution in [0.15, 0.2) is 12.2 Å². The predicted molar refractivity (Wildman–Crippen MR) is 69.5 cm³/mol. The number of nitrogens with two attached hydrogens (primary N) is 1. The maximum atomic E-state index is 9.55. The molecule has 4 aliphatic carbocycles. The first-order valence-electron chi connectivity index (χ1n) is 6.79. The number of hydrogen-bond donors (Lipinski definition) is 3. The lowest BCUT2D eigenvalue weighted by molar-refractivity contribution is -0.134. The molecule has 0 aromatic carbocycles. The molecule has 0 radical (unpaired) electrons. The van der Waals surface area contributed by atoms with Crippen molar-refractivity contribution >= 4 is 11.9 Å². The smallest absolute Gasteiger partial charge is 0.328 e. The normalized spacial score (nSPS) is 38.9. The lowest BCUT2D eigenvalue weighted by atomic mass is 9.53. The molecule has 4 N–H and O–H groups in total. The summed E-state index contributed by atoms with van der Waals surface area (Å²) in [4.78, 5) is 19.1. The second-order valence-corrected chi connectivity index (χ2v) is 6.29. The van der Waals surface area contributed by atoms with Crippen LogP contribution < -0.4 is 5.73 Å². The standard InChI is InChI=1S/C10H17N.C4H4O4/c11-10-4-7-1-8(5-10)3-9(2-7)6-10;5-3(6)1-2-4(7)8/h7-9H,1-6,11H2;1-2H,(H,5,6)(H,7,8). The zero-order chi connectivity index (χ0) is 14.0. The van der Waals surface area contributed by atoms with Gasteiger partial charge < -0.3 is 15.9 Å². The van der Waals surface area contributed by atoms with Crippen molar-refractivity contribution in [3.63, 3.8) is 0 Å². The molecule has 5 heteroatoms. The van der Waals surface area contributed by atoms with Crippen LogP contribution in [0.5, 0.6) is 0 Å². The molecule has 0 aromatic heterocycles. The molecular weight excluding hydrogens is 246 g/mol. The van der Waals surface area contributed by atoms with Crippen LogP contribution in [-0.4, -0.2) is 27.7 Å². The summed E-state index contributed by atoms with van der Waals surface area (Å²) in [6.07, 6.45) is 9.69. The van der Waals surface area contributed by atoms with Crippen molar-refractivity contribution < 1.29 is 19.8 Å². The lowest BCUT2D eigenvalue weighted by Gasteiger charge is -2.55. The van der Waals surface area contributed by atoms with E-state index in [0.29, 0.717) is 17.7 Å². The number of aliphatic carboxylic acids is 2. The van der Waals surface area contributed by atoms with Gasteiger partial charge in [0.25, 0.3) is 0 Å². The number of carbonyl (C=O) groups is 2. The van der Waals surface area contributed by atoms with Crippen LogP contribution in [0.2, 0.25) is 0 Å². The summed E-state index contributed by atoms with van der Waals surface area (Å²) in [5, 5.41) is 15.6. The Labute approximate surface area is 112 Å². The molecule has 5 nitrogen and oxygen atoms in total. The van der Waals surface area contributed by atoms with Crippen LogP contribution in [0.25, 0.3) is 0 Å². The molecule has 0 heterocycles. The third-order valence-corrected chi connectivity index (χ3v) is 4.45. The van der Waals surface area contributed by atoms with Gasteiger partial charge in [-0.1, -0.05) is 0 Å². The van der Waals surface area contributed by atoms with Gasteiger partial charge in [-0.2, -0.15) is 0 Å². The van der Waals surface area contributed by atoms with E-state index in [1.807, 2.05) is 0 Å². The summed E-state index contributed by atoms with van der Waals surface area (Å²) in [7, 11) is 0. The minimum atomic E-state index is -1.26.